The second-order valence-electron chi connectivity index (χ2n) is 5.99. The molecule has 0 aliphatic rings. The molecule has 8 nitrogen and oxygen atoms in total. The van der Waals surface area contributed by atoms with Crippen LogP contribution in [0, 0.1) is 5.82 Å². The van der Waals surface area contributed by atoms with E-state index in [-0.39, 0.29) is 40.9 Å². The molecule has 0 atom stereocenters. The van der Waals surface area contributed by atoms with Crippen molar-refractivity contribution in [2.75, 3.05) is 6.61 Å². The molecule has 11 heteroatoms. The standard InChI is InChI=1S/C20H17F3N6O2/c1-2-31-20(30)11-6-9-26-16(11)19(28-13-7-8-25-10-12(13)21)29-18(24)15-5-3-4-14(27-15)17(22)23/h3-10,17,26H,2H2,1H3,(H2,24,25,28,29). The number of aliphatic imine (C=N–C) groups is 2. The number of nitrogens with one attached hydrogen (secondary N) is 1. The predicted octanol–water partition coefficient (Wildman–Crippen LogP) is 3.54. The number of rotatable bonds is 6. The van der Waals surface area contributed by atoms with Gasteiger partial charge in [-0.2, -0.15) is 0 Å². The summed E-state index contributed by atoms with van der Waals surface area (Å²) in [5.41, 5.74) is 5.51. The zero-order valence-electron chi connectivity index (χ0n) is 16.2. The molecule has 0 aromatic carbocycles. The lowest BCUT2D eigenvalue weighted by molar-refractivity contribution is 0.0526. The Morgan fingerprint density at radius 1 is 1.29 bits per heavy atom. The van der Waals surface area contributed by atoms with Crippen molar-refractivity contribution in [2.24, 2.45) is 15.7 Å². The van der Waals surface area contributed by atoms with Crippen molar-refractivity contribution in [3.05, 3.63) is 77.4 Å². The first-order valence-corrected chi connectivity index (χ1v) is 9.03. The summed E-state index contributed by atoms with van der Waals surface area (Å²) < 4.78 is 45.1. The lowest BCUT2D eigenvalue weighted by Gasteiger charge is -2.07. The Morgan fingerprint density at radius 2 is 2.10 bits per heavy atom. The van der Waals surface area contributed by atoms with Gasteiger partial charge in [-0.3, -0.25) is 4.98 Å². The maximum Gasteiger partial charge on any atom is 0.340 e. The van der Waals surface area contributed by atoms with Crippen LogP contribution in [0.4, 0.5) is 18.9 Å². The van der Waals surface area contributed by atoms with E-state index >= 15 is 0 Å². The number of aromatic nitrogens is 3. The van der Waals surface area contributed by atoms with Gasteiger partial charge in [0.1, 0.15) is 17.1 Å². The smallest absolute Gasteiger partial charge is 0.340 e. The van der Waals surface area contributed by atoms with Crippen molar-refractivity contribution in [3.8, 4) is 0 Å². The van der Waals surface area contributed by atoms with Crippen molar-refractivity contribution in [2.45, 2.75) is 13.3 Å². The number of alkyl halides is 2. The minimum atomic E-state index is -2.80. The van der Waals surface area contributed by atoms with Gasteiger partial charge < -0.3 is 15.5 Å². The predicted molar refractivity (Wildman–Crippen MR) is 107 cm³/mol. The molecule has 31 heavy (non-hydrogen) atoms. The molecule has 0 bridgehead atoms. The van der Waals surface area contributed by atoms with Crippen molar-refractivity contribution in [1.29, 1.82) is 0 Å². The highest BCUT2D eigenvalue weighted by molar-refractivity contribution is 6.14. The summed E-state index contributed by atoms with van der Waals surface area (Å²) in [7, 11) is 0. The molecule has 3 aromatic heterocycles. The number of carbonyl (C=O) groups excluding carboxylic acids is 1. The number of hydrogen-bond donors (Lipinski definition) is 2. The van der Waals surface area contributed by atoms with Crippen LogP contribution in [-0.2, 0) is 4.74 Å². The zero-order chi connectivity index (χ0) is 22.4. The van der Waals surface area contributed by atoms with Crippen LogP contribution in [0.15, 0.2) is 58.9 Å². The van der Waals surface area contributed by atoms with Crippen molar-refractivity contribution in [3.63, 3.8) is 0 Å². The Bertz CT molecular complexity index is 1140. The number of nitrogens with zero attached hydrogens (tertiary/aromatic N) is 4. The molecule has 3 N–H and O–H groups in total. The van der Waals surface area contributed by atoms with Gasteiger partial charge in [0.2, 0.25) is 0 Å². The molecule has 0 aliphatic carbocycles. The molecule has 160 valence electrons. The van der Waals surface area contributed by atoms with Crippen LogP contribution in [0.25, 0.3) is 0 Å². The molecule has 3 rings (SSSR count). The van der Waals surface area contributed by atoms with Gasteiger partial charge in [-0.15, -0.1) is 0 Å². The van der Waals surface area contributed by atoms with Gasteiger partial charge in [-0.05, 0) is 31.2 Å². The lowest BCUT2D eigenvalue weighted by atomic mass is 10.2. The molecule has 3 aromatic rings. The number of nitrogens with two attached hydrogens (primary N) is 1. The van der Waals surface area contributed by atoms with E-state index in [4.69, 9.17) is 10.5 Å². The number of ether oxygens (including phenoxy) is 1. The topological polar surface area (TPSA) is 119 Å². The fraction of sp³-hybridized carbons (Fsp3) is 0.150. The minimum absolute atomic E-state index is 0.0371. The molecule has 0 unspecified atom stereocenters. The molecule has 0 spiro atoms. The molecule has 3 heterocycles. The normalized spacial score (nSPS) is 12.3. The fourth-order valence-electron chi connectivity index (χ4n) is 2.53. The Morgan fingerprint density at radius 3 is 2.81 bits per heavy atom. The van der Waals surface area contributed by atoms with Crippen molar-refractivity contribution >= 4 is 23.3 Å². The summed E-state index contributed by atoms with van der Waals surface area (Å²) in [5.74, 6) is -1.84. The Labute approximate surface area is 174 Å². The maximum absolute atomic E-state index is 14.1. The maximum atomic E-state index is 14.1. The van der Waals surface area contributed by atoms with Crippen molar-refractivity contribution < 1.29 is 22.7 Å². The van der Waals surface area contributed by atoms with E-state index in [1.807, 2.05) is 0 Å². The average Bonchev–Trinajstić information content (AvgIpc) is 3.25. The number of carbonyl (C=O) groups is 1. The highest BCUT2D eigenvalue weighted by atomic mass is 19.3. The van der Waals surface area contributed by atoms with Gasteiger partial charge in [-0.1, -0.05) is 6.07 Å². The van der Waals surface area contributed by atoms with E-state index in [1.54, 1.807) is 6.92 Å². The second-order valence-corrected chi connectivity index (χ2v) is 5.99. The SMILES string of the molecule is CCOC(=O)c1cc[nH]c1C(N=C(N)c1cccc(C(F)F)n1)=Nc1ccncc1F. The number of amidine groups is 2. The van der Waals surface area contributed by atoms with Gasteiger partial charge in [0.15, 0.2) is 17.5 Å². The monoisotopic (exact) mass is 430 g/mol. The van der Waals surface area contributed by atoms with E-state index in [0.717, 1.165) is 12.3 Å². The third-order valence-corrected chi connectivity index (χ3v) is 3.93. The Balaban J connectivity index is 2.13. The fourth-order valence-corrected chi connectivity index (χ4v) is 2.53. The highest BCUT2D eigenvalue weighted by Gasteiger charge is 2.20. The highest BCUT2D eigenvalue weighted by Crippen LogP contribution is 2.20. The van der Waals surface area contributed by atoms with Crippen molar-refractivity contribution in [1.82, 2.24) is 15.0 Å². The third-order valence-electron chi connectivity index (χ3n) is 3.93. The van der Waals surface area contributed by atoms with Crippen LogP contribution in [0.5, 0.6) is 0 Å². The average molecular weight is 430 g/mol. The minimum Gasteiger partial charge on any atom is -0.462 e. The first-order chi connectivity index (χ1) is 14.9. The van der Waals surface area contributed by atoms with E-state index in [0.29, 0.717) is 0 Å². The van der Waals surface area contributed by atoms with Gasteiger partial charge in [0, 0.05) is 12.4 Å². The number of esters is 1. The quantitative estimate of drug-likeness (QED) is 0.352. The van der Waals surface area contributed by atoms with Crippen LogP contribution in [-0.4, -0.2) is 39.2 Å². The molecular weight excluding hydrogens is 413 g/mol. The molecule has 0 saturated carbocycles. The van der Waals surface area contributed by atoms with E-state index in [9.17, 15) is 18.0 Å². The summed E-state index contributed by atoms with van der Waals surface area (Å²) in [6.45, 7) is 1.77. The van der Waals surface area contributed by atoms with Crippen LogP contribution < -0.4 is 5.73 Å². The Kier molecular flexibility index (Phi) is 6.75. The summed E-state index contributed by atoms with van der Waals surface area (Å²) in [6, 6.07) is 6.62. The van der Waals surface area contributed by atoms with Crippen LogP contribution >= 0.6 is 0 Å². The molecule has 0 amide bonds. The third kappa shape index (κ3) is 5.13. The number of hydrogen-bond acceptors (Lipinski definition) is 5. The summed E-state index contributed by atoms with van der Waals surface area (Å²) in [5, 5.41) is 0. The van der Waals surface area contributed by atoms with Crippen LogP contribution in [0.2, 0.25) is 0 Å². The first-order valence-electron chi connectivity index (χ1n) is 9.03. The largest absolute Gasteiger partial charge is 0.462 e. The molecule has 0 radical (unpaired) electrons. The summed E-state index contributed by atoms with van der Waals surface area (Å²) in [4.78, 5) is 30.8. The number of halogens is 3. The van der Waals surface area contributed by atoms with Crippen LogP contribution in [0.1, 0.15) is 40.8 Å². The zero-order valence-corrected chi connectivity index (χ0v) is 16.2. The van der Waals surface area contributed by atoms with E-state index in [1.165, 1.54) is 36.7 Å². The summed E-state index contributed by atoms with van der Waals surface area (Å²) in [6.07, 6.45) is 0.923. The van der Waals surface area contributed by atoms with E-state index in [2.05, 4.69) is 24.9 Å². The lowest BCUT2D eigenvalue weighted by Crippen LogP contribution is -2.19. The van der Waals surface area contributed by atoms with Gasteiger partial charge in [0.05, 0.1) is 24.1 Å². The molecular formula is C20H17F3N6O2. The number of pyridine rings is 2. The van der Waals surface area contributed by atoms with Crippen LogP contribution in [0.3, 0.4) is 0 Å². The summed E-state index contributed by atoms with van der Waals surface area (Å²) >= 11 is 0. The van der Waals surface area contributed by atoms with E-state index < -0.39 is 23.9 Å². The molecule has 0 aliphatic heterocycles. The Hall–Kier alpha value is -4.02. The van der Waals surface area contributed by atoms with Gasteiger partial charge >= 0.3 is 5.97 Å². The number of aromatic amines is 1. The van der Waals surface area contributed by atoms with Gasteiger partial charge in [0.25, 0.3) is 6.43 Å². The number of H-pyrrole nitrogens is 1. The molecule has 0 fully saturated rings. The first kappa shape index (κ1) is 21.7. The molecule has 0 saturated heterocycles. The second kappa shape index (κ2) is 9.65. The van der Waals surface area contributed by atoms with Gasteiger partial charge in [-0.25, -0.2) is 32.9 Å².